The number of nitrogens with one attached hydrogen (secondary N) is 1. The molecule has 2 aromatic rings. The molecule has 0 spiro atoms. The van der Waals surface area contributed by atoms with Crippen LogP contribution in [0.15, 0.2) is 54.7 Å². The monoisotopic (exact) mass is 455 g/mol. The molecule has 1 saturated heterocycles. The molecule has 2 amide bonds. The van der Waals surface area contributed by atoms with Gasteiger partial charge >= 0.3 is 0 Å². The van der Waals surface area contributed by atoms with E-state index in [1.165, 1.54) is 0 Å². The Morgan fingerprint density at radius 1 is 1.25 bits per heavy atom. The van der Waals surface area contributed by atoms with Crippen molar-refractivity contribution in [2.45, 2.75) is 45.8 Å². The van der Waals surface area contributed by atoms with Crippen LogP contribution in [0.5, 0.6) is 0 Å². The third-order valence-electron chi connectivity index (χ3n) is 6.35. The number of aryl methyl sites for hydroxylation is 1. The second kappa shape index (κ2) is 9.04. The highest BCUT2D eigenvalue weighted by molar-refractivity contribution is 6.30. The molecule has 1 fully saturated rings. The molecule has 2 atom stereocenters. The van der Waals surface area contributed by atoms with Gasteiger partial charge in [0, 0.05) is 35.4 Å². The van der Waals surface area contributed by atoms with Crippen LogP contribution in [-0.2, 0) is 10.4 Å². The number of aliphatic hydroxyl groups is 1. The van der Waals surface area contributed by atoms with Gasteiger partial charge in [-0.3, -0.25) is 14.6 Å². The van der Waals surface area contributed by atoms with Gasteiger partial charge < -0.3 is 15.3 Å². The van der Waals surface area contributed by atoms with Gasteiger partial charge in [0.05, 0.1) is 11.2 Å². The van der Waals surface area contributed by atoms with Gasteiger partial charge in [0.1, 0.15) is 6.04 Å². The molecule has 1 aliphatic rings. The molecule has 0 radical (unpaired) electrons. The Morgan fingerprint density at radius 2 is 1.91 bits per heavy atom. The van der Waals surface area contributed by atoms with E-state index in [4.69, 9.17) is 11.6 Å². The van der Waals surface area contributed by atoms with E-state index < -0.39 is 17.1 Å². The molecule has 0 aliphatic carbocycles. The molecule has 2 heterocycles. The first-order valence-corrected chi connectivity index (χ1v) is 11.0. The largest absolute Gasteiger partial charge is 0.384 e. The number of carbonyl (C=O) groups is 2. The molecule has 0 bridgehead atoms. The highest BCUT2D eigenvalue weighted by Gasteiger charge is 2.50. The molecule has 32 heavy (non-hydrogen) atoms. The first-order chi connectivity index (χ1) is 15.0. The molecule has 0 unspecified atom stereocenters. The fourth-order valence-electron chi connectivity index (χ4n) is 4.28. The maximum absolute atomic E-state index is 13.4. The lowest BCUT2D eigenvalue weighted by molar-refractivity contribution is -0.154. The van der Waals surface area contributed by atoms with Crippen LogP contribution in [0.2, 0.25) is 5.02 Å². The van der Waals surface area contributed by atoms with Crippen molar-refractivity contribution in [2.75, 3.05) is 13.1 Å². The number of rotatable bonds is 5. The first kappa shape index (κ1) is 24.0. The fraction of sp³-hybridized carbons (Fsp3) is 0.400. The topological polar surface area (TPSA) is 82.5 Å². The Balaban J connectivity index is 1.79. The molecular weight excluding hydrogens is 426 g/mol. The maximum atomic E-state index is 13.4. The van der Waals surface area contributed by atoms with Crippen LogP contribution in [0.3, 0.4) is 0 Å². The summed E-state index contributed by atoms with van der Waals surface area (Å²) in [5.41, 5.74) is 0.589. The summed E-state index contributed by atoms with van der Waals surface area (Å²) in [6, 6.07) is 9.67. The summed E-state index contributed by atoms with van der Waals surface area (Å²) in [6.07, 6.45) is 1.98. The zero-order valence-electron chi connectivity index (χ0n) is 19.0. The Kier molecular flexibility index (Phi) is 6.77. The number of amides is 2. The Bertz CT molecular complexity index is 1030. The molecule has 1 aliphatic heterocycles. The Morgan fingerprint density at radius 3 is 2.47 bits per heavy atom. The van der Waals surface area contributed by atoms with Gasteiger partial charge in [0.15, 0.2) is 0 Å². The van der Waals surface area contributed by atoms with Gasteiger partial charge in [-0.15, -0.1) is 0 Å². The molecule has 0 saturated carbocycles. The number of aromatic nitrogens is 1. The zero-order chi connectivity index (χ0) is 23.7. The SMILES string of the molecule is C=C(C)[C@@H](NC(=O)c1cccnc1C)C(=O)N1CC[C@](O)(c2ccc(Cl)cc2)C(C)(C)C1. The van der Waals surface area contributed by atoms with E-state index in [9.17, 15) is 14.7 Å². The van der Waals surface area contributed by atoms with E-state index in [-0.39, 0.29) is 11.8 Å². The van der Waals surface area contributed by atoms with E-state index in [2.05, 4.69) is 16.9 Å². The second-order valence-corrected chi connectivity index (χ2v) is 9.59. The number of carbonyl (C=O) groups excluding carboxylic acids is 2. The average molecular weight is 456 g/mol. The lowest BCUT2D eigenvalue weighted by Crippen LogP contribution is -2.60. The van der Waals surface area contributed by atoms with Gasteiger partial charge in [-0.2, -0.15) is 0 Å². The summed E-state index contributed by atoms with van der Waals surface area (Å²) >= 11 is 6.01. The minimum atomic E-state index is -1.11. The third kappa shape index (κ3) is 4.57. The highest BCUT2D eigenvalue weighted by Crippen LogP contribution is 2.46. The predicted octanol–water partition coefficient (Wildman–Crippen LogP) is 3.86. The number of pyridine rings is 1. The number of hydrogen-bond acceptors (Lipinski definition) is 4. The molecule has 3 rings (SSSR count). The quantitative estimate of drug-likeness (QED) is 0.670. The molecule has 2 N–H and O–H groups in total. The summed E-state index contributed by atoms with van der Waals surface area (Å²) in [4.78, 5) is 32.0. The van der Waals surface area contributed by atoms with Gasteiger partial charge in [-0.05, 0) is 55.7 Å². The number of nitrogens with zero attached hydrogens (tertiary/aromatic N) is 2. The van der Waals surface area contributed by atoms with Crippen LogP contribution in [0, 0.1) is 12.3 Å². The lowest BCUT2D eigenvalue weighted by Gasteiger charge is -2.51. The molecule has 170 valence electrons. The summed E-state index contributed by atoms with van der Waals surface area (Å²) in [5.74, 6) is -0.607. The summed E-state index contributed by atoms with van der Waals surface area (Å²) in [5, 5.41) is 15.0. The molecule has 6 nitrogen and oxygen atoms in total. The summed E-state index contributed by atoms with van der Waals surface area (Å²) in [7, 11) is 0. The number of benzene rings is 1. The van der Waals surface area contributed by atoms with Crippen LogP contribution in [0.4, 0.5) is 0 Å². The fourth-order valence-corrected chi connectivity index (χ4v) is 4.41. The van der Waals surface area contributed by atoms with E-state index in [0.717, 1.165) is 5.56 Å². The lowest BCUT2D eigenvalue weighted by atomic mass is 9.66. The van der Waals surface area contributed by atoms with E-state index in [1.807, 2.05) is 26.0 Å². The van der Waals surface area contributed by atoms with Crippen LogP contribution in [0.1, 0.15) is 48.8 Å². The second-order valence-electron chi connectivity index (χ2n) is 9.15. The van der Waals surface area contributed by atoms with Gasteiger partial charge in [0.2, 0.25) is 5.91 Å². The molecule has 7 heteroatoms. The Hall–Kier alpha value is -2.70. The molecule has 1 aromatic carbocycles. The highest BCUT2D eigenvalue weighted by atomic mass is 35.5. The van der Waals surface area contributed by atoms with Crippen molar-refractivity contribution in [3.8, 4) is 0 Å². The maximum Gasteiger partial charge on any atom is 0.254 e. The van der Waals surface area contributed by atoms with Crippen LogP contribution in [0.25, 0.3) is 0 Å². The number of piperidine rings is 1. The minimum absolute atomic E-state index is 0.237. The van der Waals surface area contributed by atoms with Gasteiger partial charge in [0.25, 0.3) is 5.91 Å². The van der Waals surface area contributed by atoms with E-state index in [0.29, 0.717) is 41.4 Å². The van der Waals surface area contributed by atoms with Crippen molar-refractivity contribution in [3.63, 3.8) is 0 Å². The zero-order valence-corrected chi connectivity index (χ0v) is 19.7. The van der Waals surface area contributed by atoms with Crippen molar-refractivity contribution in [1.82, 2.24) is 15.2 Å². The number of hydrogen-bond donors (Lipinski definition) is 2. The minimum Gasteiger partial charge on any atom is -0.384 e. The summed E-state index contributed by atoms with van der Waals surface area (Å²) in [6.45, 7) is 12.0. The van der Waals surface area contributed by atoms with E-state index >= 15 is 0 Å². The number of likely N-dealkylation sites (tertiary alicyclic amines) is 1. The predicted molar refractivity (Wildman–Crippen MR) is 125 cm³/mol. The van der Waals surface area contributed by atoms with Crippen molar-refractivity contribution >= 4 is 23.4 Å². The van der Waals surface area contributed by atoms with E-state index in [1.54, 1.807) is 49.2 Å². The smallest absolute Gasteiger partial charge is 0.254 e. The van der Waals surface area contributed by atoms with Crippen molar-refractivity contribution < 1.29 is 14.7 Å². The van der Waals surface area contributed by atoms with Crippen molar-refractivity contribution in [3.05, 3.63) is 76.6 Å². The van der Waals surface area contributed by atoms with Crippen molar-refractivity contribution in [1.29, 1.82) is 0 Å². The average Bonchev–Trinajstić information content (AvgIpc) is 2.73. The molecule has 1 aromatic heterocycles. The van der Waals surface area contributed by atoms with Gasteiger partial charge in [-0.1, -0.05) is 44.2 Å². The van der Waals surface area contributed by atoms with Crippen LogP contribution in [-0.4, -0.2) is 45.9 Å². The normalized spacial score (nSPS) is 21.0. The molecular formula is C25H30ClN3O3. The summed E-state index contributed by atoms with van der Waals surface area (Å²) < 4.78 is 0. The first-order valence-electron chi connectivity index (χ1n) is 10.6. The third-order valence-corrected chi connectivity index (χ3v) is 6.60. The number of halogens is 1. The van der Waals surface area contributed by atoms with Crippen LogP contribution < -0.4 is 5.32 Å². The standard InChI is InChI=1S/C25H30ClN3O3/c1-16(2)21(28-22(30)20-7-6-13-27-17(20)3)23(31)29-14-12-25(32,24(4,5)15-29)18-8-10-19(26)11-9-18/h6-11,13,21,32H,1,12,14-15H2,2-5H3,(H,28,30)/t21-,25+/m1/s1. The Labute approximate surface area is 194 Å². The van der Waals surface area contributed by atoms with Crippen molar-refractivity contribution in [2.24, 2.45) is 5.41 Å². The van der Waals surface area contributed by atoms with Gasteiger partial charge in [-0.25, -0.2) is 0 Å². The van der Waals surface area contributed by atoms with Crippen LogP contribution >= 0.6 is 11.6 Å².